The molecule has 3 heterocycles. The van der Waals surface area contributed by atoms with Crippen molar-refractivity contribution in [2.75, 3.05) is 13.2 Å². The van der Waals surface area contributed by atoms with Gasteiger partial charge in [0.2, 0.25) is 0 Å². The molecule has 6 rings (SSSR count). The number of nitrogens with zero attached hydrogens (tertiary/aromatic N) is 1. The van der Waals surface area contributed by atoms with E-state index in [1.54, 1.807) is 36.4 Å². The van der Waals surface area contributed by atoms with Crippen molar-refractivity contribution in [2.45, 2.75) is 42.7 Å². The molecule has 0 spiro atoms. The second-order valence-corrected chi connectivity index (χ2v) is 10.3. The van der Waals surface area contributed by atoms with Crippen LogP contribution in [0.15, 0.2) is 60.7 Å². The van der Waals surface area contributed by atoms with E-state index >= 15 is 0 Å². The number of alkyl halides is 6. The van der Waals surface area contributed by atoms with Crippen LogP contribution in [0.5, 0.6) is 6.01 Å². The fourth-order valence-electron chi connectivity index (χ4n) is 5.19. The van der Waals surface area contributed by atoms with Crippen LogP contribution in [0.3, 0.4) is 0 Å². The summed E-state index contributed by atoms with van der Waals surface area (Å²) in [4.78, 5) is 7.62. The van der Waals surface area contributed by atoms with Gasteiger partial charge in [0.1, 0.15) is 6.10 Å². The minimum absolute atomic E-state index is 0.0225. The fourth-order valence-corrected chi connectivity index (χ4v) is 5.47. The van der Waals surface area contributed by atoms with Crippen LogP contribution in [0.2, 0.25) is 5.02 Å². The molecule has 216 valence electrons. The predicted molar refractivity (Wildman–Crippen MR) is 136 cm³/mol. The van der Waals surface area contributed by atoms with E-state index in [2.05, 4.69) is 9.97 Å². The van der Waals surface area contributed by atoms with E-state index in [9.17, 15) is 31.4 Å². The van der Waals surface area contributed by atoms with Crippen molar-refractivity contribution in [1.29, 1.82) is 0 Å². The Hall–Kier alpha value is -3.32. The Kier molecular flexibility index (Phi) is 6.72. The zero-order chi connectivity index (χ0) is 29.2. The van der Waals surface area contributed by atoms with Gasteiger partial charge in [0.25, 0.3) is 11.6 Å². The van der Waals surface area contributed by atoms with Crippen molar-refractivity contribution in [3.63, 3.8) is 0 Å². The second kappa shape index (κ2) is 9.90. The van der Waals surface area contributed by atoms with Gasteiger partial charge in [-0.05, 0) is 35.2 Å². The van der Waals surface area contributed by atoms with Crippen molar-refractivity contribution in [2.24, 2.45) is 0 Å². The van der Waals surface area contributed by atoms with Gasteiger partial charge >= 0.3 is 12.4 Å². The number of nitrogens with one attached hydrogen (secondary N) is 1. The molecule has 0 amide bonds. The van der Waals surface area contributed by atoms with Crippen LogP contribution in [0, 0.1) is 0 Å². The van der Waals surface area contributed by atoms with Gasteiger partial charge in [-0.3, -0.25) is 0 Å². The van der Waals surface area contributed by atoms with Gasteiger partial charge in [-0.2, -0.15) is 31.3 Å². The number of ether oxygens (including phenoxy) is 3. The maximum atomic E-state index is 13.2. The van der Waals surface area contributed by atoms with Gasteiger partial charge in [0, 0.05) is 17.7 Å². The molecule has 1 aromatic heterocycles. The first-order chi connectivity index (χ1) is 19.3. The summed E-state index contributed by atoms with van der Waals surface area (Å²) >= 11 is 6.54. The van der Waals surface area contributed by atoms with Crippen molar-refractivity contribution in [3.8, 4) is 28.3 Å². The normalized spacial score (nSPS) is 21.4. The Labute approximate surface area is 233 Å². The topological polar surface area (TPSA) is 76.6 Å². The maximum absolute atomic E-state index is 13.2. The summed E-state index contributed by atoms with van der Waals surface area (Å²) in [7, 11) is 0. The Morgan fingerprint density at radius 1 is 0.878 bits per heavy atom. The van der Waals surface area contributed by atoms with E-state index < -0.39 is 23.5 Å². The molecular weight excluding hydrogens is 578 g/mol. The molecule has 2 fully saturated rings. The van der Waals surface area contributed by atoms with Crippen LogP contribution in [0.4, 0.5) is 26.3 Å². The van der Waals surface area contributed by atoms with Crippen molar-refractivity contribution >= 4 is 22.6 Å². The van der Waals surface area contributed by atoms with Crippen molar-refractivity contribution < 1.29 is 45.7 Å². The first-order valence-electron chi connectivity index (χ1n) is 12.5. The van der Waals surface area contributed by atoms with Crippen LogP contribution < -0.4 is 4.74 Å². The Morgan fingerprint density at radius 2 is 1.49 bits per heavy atom. The predicted octanol–water partition coefficient (Wildman–Crippen LogP) is 6.80. The number of aromatic nitrogens is 2. The molecule has 13 heteroatoms. The molecule has 4 aromatic rings. The standard InChI is InChI=1S/C28H21ClF6N2O4/c29-19-12-21-20(36-25(37-21)41-23-13-40-22-9-10-39-24(22)23)11-18(19)16-3-1-14(2-4-16)15-5-7-17(8-6-15)26(38,27(30,31)32)28(33,34)35/h1-8,11-12,22-24,38H,9-10,13H2,(H,36,37)/t22-,23?,24+/m1/s1. The summed E-state index contributed by atoms with van der Waals surface area (Å²) in [6.07, 6.45) is -11.5. The summed E-state index contributed by atoms with van der Waals surface area (Å²) in [5.74, 6) is 0. The number of aromatic amines is 1. The van der Waals surface area contributed by atoms with Crippen LogP contribution in [0.25, 0.3) is 33.3 Å². The Bertz CT molecular complexity index is 1560. The molecule has 3 aromatic carbocycles. The summed E-state index contributed by atoms with van der Waals surface area (Å²) in [6.45, 7) is 1.02. The lowest BCUT2D eigenvalue weighted by Crippen LogP contribution is -2.53. The number of H-pyrrole nitrogens is 1. The number of hydrogen-bond donors (Lipinski definition) is 2. The zero-order valence-corrected chi connectivity index (χ0v) is 21.6. The molecule has 0 radical (unpaired) electrons. The number of benzene rings is 3. The van der Waals surface area contributed by atoms with Gasteiger partial charge < -0.3 is 24.3 Å². The highest BCUT2D eigenvalue weighted by Crippen LogP contribution is 2.50. The molecular formula is C28H21ClF6N2O4. The molecule has 0 bridgehead atoms. The van der Waals surface area contributed by atoms with Crippen molar-refractivity contribution in [3.05, 3.63) is 71.2 Å². The monoisotopic (exact) mass is 598 g/mol. The lowest BCUT2D eigenvalue weighted by molar-refractivity contribution is -0.376. The smallest absolute Gasteiger partial charge is 0.430 e. The van der Waals surface area contributed by atoms with E-state index in [0.717, 1.165) is 18.6 Å². The van der Waals surface area contributed by atoms with Crippen LogP contribution in [0.1, 0.15) is 12.0 Å². The molecule has 2 aliphatic rings. The maximum Gasteiger partial charge on any atom is 0.430 e. The molecule has 2 N–H and O–H groups in total. The molecule has 3 atom stereocenters. The third kappa shape index (κ3) is 4.82. The van der Waals surface area contributed by atoms with E-state index in [4.69, 9.17) is 25.8 Å². The van der Waals surface area contributed by atoms with E-state index in [1.807, 2.05) is 0 Å². The van der Waals surface area contributed by atoms with Gasteiger partial charge in [-0.25, -0.2) is 0 Å². The third-order valence-electron chi connectivity index (χ3n) is 7.38. The van der Waals surface area contributed by atoms with Crippen LogP contribution in [-0.4, -0.2) is 59.0 Å². The largest absolute Gasteiger partial charge is 0.456 e. The van der Waals surface area contributed by atoms with Crippen molar-refractivity contribution in [1.82, 2.24) is 9.97 Å². The SMILES string of the molecule is OC(c1ccc(-c2ccc(-c3cc4nc(OC5CO[C@@H]6CCO[C@H]56)[nH]c4cc3Cl)cc2)cc1)(C(F)(F)F)C(F)(F)F. The number of imidazole rings is 1. The Balaban J connectivity index is 1.22. The highest BCUT2D eigenvalue weighted by molar-refractivity contribution is 6.34. The third-order valence-corrected chi connectivity index (χ3v) is 7.70. The summed E-state index contributed by atoms with van der Waals surface area (Å²) in [5, 5.41) is 10.0. The quantitative estimate of drug-likeness (QED) is 0.247. The Morgan fingerprint density at radius 3 is 2.12 bits per heavy atom. The number of hydrogen-bond acceptors (Lipinski definition) is 5. The van der Waals surface area contributed by atoms with Crippen LogP contribution in [-0.2, 0) is 15.1 Å². The summed E-state index contributed by atoms with van der Waals surface area (Å²) < 4.78 is 96.5. The van der Waals surface area contributed by atoms with E-state index in [-0.39, 0.29) is 18.3 Å². The zero-order valence-electron chi connectivity index (χ0n) is 20.9. The molecule has 0 aliphatic carbocycles. The van der Waals surface area contributed by atoms with Gasteiger partial charge in [-0.15, -0.1) is 0 Å². The number of rotatable bonds is 5. The highest BCUT2D eigenvalue weighted by Gasteiger charge is 2.71. The molecule has 2 aliphatic heterocycles. The number of fused-ring (bicyclic) bond motifs is 2. The molecule has 41 heavy (non-hydrogen) atoms. The molecule has 2 saturated heterocycles. The summed E-state index contributed by atoms with van der Waals surface area (Å²) in [5.41, 5.74) is -2.80. The first kappa shape index (κ1) is 27.8. The second-order valence-electron chi connectivity index (χ2n) is 9.90. The fraction of sp³-hybridized carbons (Fsp3) is 0.321. The van der Waals surface area contributed by atoms with Crippen LogP contribution >= 0.6 is 11.6 Å². The number of aliphatic hydroxyl groups is 1. The summed E-state index contributed by atoms with van der Waals surface area (Å²) in [6, 6.07) is 13.9. The highest BCUT2D eigenvalue weighted by atomic mass is 35.5. The minimum Gasteiger partial charge on any atom is -0.456 e. The molecule has 0 saturated carbocycles. The lowest BCUT2D eigenvalue weighted by Gasteiger charge is -2.32. The average Bonchev–Trinajstić information content (AvgIpc) is 3.64. The average molecular weight is 599 g/mol. The van der Waals surface area contributed by atoms with Gasteiger partial charge in [0.05, 0.1) is 28.8 Å². The van der Waals surface area contributed by atoms with Gasteiger partial charge in [0.15, 0.2) is 6.10 Å². The van der Waals surface area contributed by atoms with E-state index in [1.165, 1.54) is 0 Å². The van der Waals surface area contributed by atoms with E-state index in [0.29, 0.717) is 69.7 Å². The first-order valence-corrected chi connectivity index (χ1v) is 12.9. The van der Waals surface area contributed by atoms with Gasteiger partial charge in [-0.1, -0.05) is 60.1 Å². The lowest BCUT2D eigenvalue weighted by atomic mass is 9.90. The molecule has 1 unspecified atom stereocenters. The number of halogens is 7. The molecule has 6 nitrogen and oxygen atoms in total. The minimum atomic E-state index is -5.95.